The fourth-order valence-corrected chi connectivity index (χ4v) is 3.09. The molecule has 0 spiro atoms. The molecule has 1 aromatic rings. The summed E-state index contributed by atoms with van der Waals surface area (Å²) in [4.78, 5) is 16.9. The van der Waals surface area contributed by atoms with Crippen LogP contribution in [0.4, 0.5) is 0 Å². The van der Waals surface area contributed by atoms with Crippen LogP contribution in [-0.4, -0.2) is 41.9 Å². The lowest BCUT2D eigenvalue weighted by Crippen LogP contribution is -2.49. The highest BCUT2D eigenvalue weighted by Gasteiger charge is 2.25. The van der Waals surface area contributed by atoms with Crippen LogP contribution >= 0.6 is 0 Å². The summed E-state index contributed by atoms with van der Waals surface area (Å²) in [7, 11) is 0. The lowest BCUT2D eigenvalue weighted by Gasteiger charge is -2.36. The van der Waals surface area contributed by atoms with Crippen molar-refractivity contribution in [1.82, 2.24) is 9.80 Å². The maximum Gasteiger partial charge on any atom is 0.225 e. The van der Waals surface area contributed by atoms with Gasteiger partial charge in [0.05, 0.1) is 0 Å². The Morgan fingerprint density at radius 3 is 2.38 bits per heavy atom. The summed E-state index contributed by atoms with van der Waals surface area (Å²) in [5.74, 6) is 0.573. The van der Waals surface area contributed by atoms with Crippen LogP contribution in [0.25, 0.3) is 0 Å². The van der Waals surface area contributed by atoms with Gasteiger partial charge in [-0.25, -0.2) is 0 Å². The average molecular weight is 288 g/mol. The molecule has 21 heavy (non-hydrogen) atoms. The largest absolute Gasteiger partial charge is 0.340 e. The average Bonchev–Trinajstić information content (AvgIpc) is 2.49. The number of nitrogens with zero attached hydrogens (tertiary/aromatic N) is 2. The van der Waals surface area contributed by atoms with Crippen LogP contribution in [0.5, 0.6) is 0 Å². The first-order chi connectivity index (χ1) is 10.1. The molecule has 1 heterocycles. The highest BCUT2D eigenvalue weighted by atomic mass is 16.2. The van der Waals surface area contributed by atoms with Gasteiger partial charge in [-0.1, -0.05) is 43.7 Å². The Kier molecular flexibility index (Phi) is 5.80. The quantitative estimate of drug-likeness (QED) is 0.831. The number of benzene rings is 1. The van der Waals surface area contributed by atoms with Gasteiger partial charge < -0.3 is 4.90 Å². The standard InChI is InChI=1S/C18H28N2O/c1-4-17(5-2)18(21)20-11-9-19(10-12-20)14-16-8-6-7-15(3)13-16/h6-8,13,17H,4-5,9-12,14H2,1-3H3. The smallest absolute Gasteiger partial charge is 0.225 e. The van der Waals surface area contributed by atoms with Gasteiger partial charge in [0.15, 0.2) is 0 Å². The van der Waals surface area contributed by atoms with E-state index < -0.39 is 0 Å². The third-order valence-corrected chi connectivity index (χ3v) is 4.51. The summed E-state index contributed by atoms with van der Waals surface area (Å²) in [5, 5.41) is 0. The first kappa shape index (κ1) is 16.0. The predicted molar refractivity (Wildman–Crippen MR) is 87.1 cm³/mol. The van der Waals surface area contributed by atoms with Gasteiger partial charge in [-0.15, -0.1) is 0 Å². The Hall–Kier alpha value is -1.35. The van der Waals surface area contributed by atoms with Gasteiger partial charge in [-0.3, -0.25) is 9.69 Å². The van der Waals surface area contributed by atoms with E-state index in [4.69, 9.17) is 0 Å². The molecule has 0 aromatic heterocycles. The van der Waals surface area contributed by atoms with Crippen molar-refractivity contribution in [3.8, 4) is 0 Å². The SMILES string of the molecule is CCC(CC)C(=O)N1CCN(Cc2cccc(C)c2)CC1. The normalized spacial score (nSPS) is 16.5. The fraction of sp³-hybridized carbons (Fsp3) is 0.611. The number of aryl methyl sites for hydroxylation is 1. The van der Waals surface area contributed by atoms with E-state index >= 15 is 0 Å². The first-order valence-corrected chi connectivity index (χ1v) is 8.20. The number of hydrogen-bond acceptors (Lipinski definition) is 2. The molecule has 1 amide bonds. The second-order valence-corrected chi connectivity index (χ2v) is 6.10. The summed E-state index contributed by atoms with van der Waals surface area (Å²) < 4.78 is 0. The third-order valence-electron chi connectivity index (χ3n) is 4.51. The third kappa shape index (κ3) is 4.31. The zero-order chi connectivity index (χ0) is 15.2. The van der Waals surface area contributed by atoms with Crippen molar-refractivity contribution in [3.63, 3.8) is 0 Å². The van der Waals surface area contributed by atoms with Gasteiger partial charge >= 0.3 is 0 Å². The molecular formula is C18H28N2O. The van der Waals surface area contributed by atoms with E-state index in [-0.39, 0.29) is 5.92 Å². The number of rotatable bonds is 5. The van der Waals surface area contributed by atoms with Gasteiger partial charge in [0.2, 0.25) is 5.91 Å². The van der Waals surface area contributed by atoms with Crippen LogP contribution in [0.1, 0.15) is 37.8 Å². The minimum absolute atomic E-state index is 0.216. The first-order valence-electron chi connectivity index (χ1n) is 8.20. The molecule has 0 atom stereocenters. The van der Waals surface area contributed by atoms with Crippen LogP contribution in [-0.2, 0) is 11.3 Å². The van der Waals surface area contributed by atoms with E-state index in [9.17, 15) is 4.79 Å². The molecule has 1 aromatic carbocycles. The van der Waals surface area contributed by atoms with E-state index in [2.05, 4.69) is 54.8 Å². The van der Waals surface area contributed by atoms with Gasteiger partial charge in [0.25, 0.3) is 0 Å². The Labute approximate surface area is 128 Å². The summed E-state index contributed by atoms with van der Waals surface area (Å²) in [5.41, 5.74) is 2.69. The van der Waals surface area contributed by atoms with Crippen molar-refractivity contribution in [2.75, 3.05) is 26.2 Å². The number of piperazine rings is 1. The number of carbonyl (C=O) groups is 1. The molecule has 1 fully saturated rings. The van der Waals surface area contributed by atoms with Crippen molar-refractivity contribution in [1.29, 1.82) is 0 Å². The van der Waals surface area contributed by atoms with Crippen LogP contribution in [0.2, 0.25) is 0 Å². The lowest BCUT2D eigenvalue weighted by atomic mass is 10.0. The van der Waals surface area contributed by atoms with Crippen molar-refractivity contribution in [2.45, 2.75) is 40.2 Å². The van der Waals surface area contributed by atoms with Gasteiger partial charge in [-0.05, 0) is 25.3 Å². The minimum Gasteiger partial charge on any atom is -0.340 e. The maximum absolute atomic E-state index is 12.4. The molecule has 0 bridgehead atoms. The number of hydrogen-bond donors (Lipinski definition) is 0. The summed E-state index contributed by atoms with van der Waals surface area (Å²) in [6.07, 6.45) is 1.91. The molecule has 0 aliphatic carbocycles. The topological polar surface area (TPSA) is 23.6 Å². The van der Waals surface area contributed by atoms with E-state index in [1.54, 1.807) is 0 Å². The van der Waals surface area contributed by atoms with Crippen molar-refractivity contribution < 1.29 is 4.79 Å². The molecule has 0 saturated carbocycles. The van der Waals surface area contributed by atoms with Crippen LogP contribution in [0.15, 0.2) is 24.3 Å². The van der Waals surface area contributed by atoms with E-state index in [1.165, 1.54) is 11.1 Å². The fourth-order valence-electron chi connectivity index (χ4n) is 3.09. The number of carbonyl (C=O) groups excluding carboxylic acids is 1. The molecule has 3 nitrogen and oxygen atoms in total. The monoisotopic (exact) mass is 288 g/mol. The summed E-state index contributed by atoms with van der Waals surface area (Å²) in [6.45, 7) is 11.1. The zero-order valence-corrected chi connectivity index (χ0v) is 13.6. The summed E-state index contributed by atoms with van der Waals surface area (Å²) in [6, 6.07) is 8.70. The Morgan fingerprint density at radius 1 is 1.14 bits per heavy atom. The van der Waals surface area contributed by atoms with Crippen molar-refractivity contribution in [2.24, 2.45) is 5.92 Å². The van der Waals surface area contributed by atoms with Gasteiger partial charge in [0.1, 0.15) is 0 Å². The van der Waals surface area contributed by atoms with E-state index in [0.29, 0.717) is 5.91 Å². The van der Waals surface area contributed by atoms with E-state index in [1.807, 2.05) is 0 Å². The van der Waals surface area contributed by atoms with Crippen molar-refractivity contribution >= 4 is 5.91 Å². The Morgan fingerprint density at radius 2 is 1.81 bits per heavy atom. The minimum atomic E-state index is 0.216. The zero-order valence-electron chi connectivity index (χ0n) is 13.6. The molecule has 1 aliphatic rings. The van der Waals surface area contributed by atoms with E-state index in [0.717, 1.165) is 45.6 Å². The Balaban J connectivity index is 1.84. The van der Waals surface area contributed by atoms with Crippen molar-refractivity contribution in [3.05, 3.63) is 35.4 Å². The number of amides is 1. The van der Waals surface area contributed by atoms with Gasteiger partial charge in [0, 0.05) is 38.6 Å². The molecule has 3 heteroatoms. The highest BCUT2D eigenvalue weighted by molar-refractivity contribution is 5.78. The van der Waals surface area contributed by atoms with Crippen LogP contribution in [0, 0.1) is 12.8 Å². The molecule has 2 rings (SSSR count). The highest BCUT2D eigenvalue weighted by Crippen LogP contribution is 2.15. The maximum atomic E-state index is 12.4. The second kappa shape index (κ2) is 7.60. The Bertz CT molecular complexity index is 460. The van der Waals surface area contributed by atoms with Crippen LogP contribution < -0.4 is 0 Å². The summed E-state index contributed by atoms with van der Waals surface area (Å²) >= 11 is 0. The molecule has 0 radical (unpaired) electrons. The molecule has 1 saturated heterocycles. The lowest BCUT2D eigenvalue weighted by molar-refractivity contribution is -0.137. The van der Waals surface area contributed by atoms with Gasteiger partial charge in [-0.2, -0.15) is 0 Å². The predicted octanol–water partition coefficient (Wildman–Crippen LogP) is 3.08. The molecule has 116 valence electrons. The van der Waals surface area contributed by atoms with Crippen LogP contribution in [0.3, 0.4) is 0 Å². The molecular weight excluding hydrogens is 260 g/mol. The molecule has 0 unspecified atom stereocenters. The molecule has 0 N–H and O–H groups in total. The molecule has 1 aliphatic heterocycles. The second-order valence-electron chi connectivity index (χ2n) is 6.10.